The molecule has 7 nitrogen and oxygen atoms in total. The fraction of sp³-hybridized carbons (Fsp3) is 0.211. The lowest BCUT2D eigenvalue weighted by Crippen LogP contribution is -2.27. The maximum atomic E-state index is 12.7. The smallest absolute Gasteiger partial charge is 0.267 e. The zero-order valence-corrected chi connectivity index (χ0v) is 16.7. The number of benzene rings is 1. The molecule has 28 heavy (non-hydrogen) atoms. The van der Waals surface area contributed by atoms with E-state index in [0.29, 0.717) is 29.9 Å². The molecule has 0 radical (unpaired) electrons. The lowest BCUT2D eigenvalue weighted by molar-refractivity contribution is 0.0965. The first-order valence-corrected chi connectivity index (χ1v) is 11.3. The van der Waals surface area contributed by atoms with Crippen LogP contribution < -0.4 is 9.86 Å². The molecule has 0 aliphatic carbocycles. The molecule has 1 aliphatic heterocycles. The number of hydrogen-bond acceptors (Lipinski definition) is 6. The van der Waals surface area contributed by atoms with Gasteiger partial charge in [-0.05, 0) is 47.7 Å². The molecule has 0 spiro atoms. The number of ketones is 1. The van der Waals surface area contributed by atoms with Gasteiger partial charge in [0, 0.05) is 18.2 Å². The van der Waals surface area contributed by atoms with Crippen LogP contribution in [0.3, 0.4) is 0 Å². The van der Waals surface area contributed by atoms with Crippen molar-refractivity contribution < 1.29 is 13.2 Å². The molecule has 3 aromatic rings. The van der Waals surface area contributed by atoms with E-state index < -0.39 is 10.0 Å². The van der Waals surface area contributed by atoms with Crippen molar-refractivity contribution in [3.63, 3.8) is 0 Å². The topological polar surface area (TPSA) is 89.3 Å². The van der Waals surface area contributed by atoms with Gasteiger partial charge < -0.3 is 0 Å². The molecule has 0 saturated heterocycles. The summed E-state index contributed by atoms with van der Waals surface area (Å²) in [6.45, 7) is 0.197. The van der Waals surface area contributed by atoms with E-state index in [1.165, 1.54) is 28.0 Å². The van der Waals surface area contributed by atoms with E-state index in [4.69, 9.17) is 0 Å². The van der Waals surface area contributed by atoms with E-state index in [0.717, 1.165) is 15.1 Å². The molecule has 0 N–H and O–H groups in total. The van der Waals surface area contributed by atoms with Gasteiger partial charge >= 0.3 is 0 Å². The van der Waals surface area contributed by atoms with Crippen LogP contribution in [0.2, 0.25) is 0 Å². The molecular formula is C19H17N3O4S2. The van der Waals surface area contributed by atoms with Gasteiger partial charge in [-0.15, -0.1) is 11.3 Å². The fourth-order valence-corrected chi connectivity index (χ4v) is 4.88. The van der Waals surface area contributed by atoms with Gasteiger partial charge in [0.25, 0.3) is 5.56 Å². The van der Waals surface area contributed by atoms with Crippen LogP contribution in [0.4, 0.5) is 5.69 Å². The second-order valence-electron chi connectivity index (χ2n) is 6.54. The number of hydrogen-bond donors (Lipinski definition) is 0. The number of anilines is 1. The summed E-state index contributed by atoms with van der Waals surface area (Å²) in [5.74, 6) is -0.251. The summed E-state index contributed by atoms with van der Waals surface area (Å²) in [6, 6.07) is 11.8. The molecule has 4 rings (SSSR count). The highest BCUT2D eigenvalue weighted by molar-refractivity contribution is 7.92. The van der Waals surface area contributed by atoms with Crippen molar-refractivity contribution in [2.75, 3.05) is 17.1 Å². The predicted molar refractivity (Wildman–Crippen MR) is 108 cm³/mol. The number of carbonyl (C=O) groups excluding carboxylic acids is 1. The van der Waals surface area contributed by atoms with Gasteiger partial charge in [0.2, 0.25) is 10.0 Å². The van der Waals surface area contributed by atoms with E-state index in [2.05, 4.69) is 5.10 Å². The molecule has 0 amide bonds. The number of fused-ring (bicyclic) bond motifs is 1. The second kappa shape index (κ2) is 6.99. The average Bonchev–Trinajstić information content (AvgIpc) is 3.32. The monoisotopic (exact) mass is 415 g/mol. The van der Waals surface area contributed by atoms with Gasteiger partial charge in [0.15, 0.2) is 5.78 Å². The number of aromatic nitrogens is 2. The van der Waals surface area contributed by atoms with Crippen LogP contribution in [0.25, 0.3) is 10.6 Å². The summed E-state index contributed by atoms with van der Waals surface area (Å²) in [7, 11) is -3.34. The van der Waals surface area contributed by atoms with Crippen molar-refractivity contribution in [3.05, 3.63) is 69.3 Å². The molecule has 0 atom stereocenters. The highest BCUT2D eigenvalue weighted by Crippen LogP contribution is 2.31. The van der Waals surface area contributed by atoms with Crippen molar-refractivity contribution in [2.24, 2.45) is 0 Å². The Hall–Kier alpha value is -2.78. The Kier molecular flexibility index (Phi) is 4.64. The van der Waals surface area contributed by atoms with Gasteiger partial charge in [-0.25, -0.2) is 13.1 Å². The van der Waals surface area contributed by atoms with Crippen molar-refractivity contribution in [1.29, 1.82) is 0 Å². The second-order valence-corrected chi connectivity index (χ2v) is 9.40. The number of Topliss-reactive ketones (excluding diaryl/α,β-unsaturated/α-hetero) is 1. The van der Waals surface area contributed by atoms with Crippen LogP contribution in [0.15, 0.2) is 52.6 Å². The van der Waals surface area contributed by atoms with Crippen LogP contribution in [-0.2, 0) is 23.0 Å². The Balaban J connectivity index is 1.60. The van der Waals surface area contributed by atoms with Crippen molar-refractivity contribution in [2.45, 2.75) is 13.0 Å². The van der Waals surface area contributed by atoms with Crippen molar-refractivity contribution in [3.8, 4) is 10.6 Å². The molecule has 0 saturated carbocycles. The molecule has 0 unspecified atom stereocenters. The molecule has 1 aromatic carbocycles. The number of sulfonamides is 1. The van der Waals surface area contributed by atoms with Crippen LogP contribution >= 0.6 is 11.3 Å². The van der Waals surface area contributed by atoms with E-state index in [9.17, 15) is 18.0 Å². The first-order chi connectivity index (χ1) is 13.3. The summed E-state index contributed by atoms with van der Waals surface area (Å²) >= 11 is 1.50. The largest absolute Gasteiger partial charge is 0.292 e. The van der Waals surface area contributed by atoms with Crippen molar-refractivity contribution in [1.82, 2.24) is 9.78 Å². The number of nitrogens with zero attached hydrogens (tertiary/aromatic N) is 3. The van der Waals surface area contributed by atoms with E-state index in [1.54, 1.807) is 24.3 Å². The lowest BCUT2D eigenvalue weighted by atomic mass is 10.1. The maximum Gasteiger partial charge on any atom is 0.267 e. The summed E-state index contributed by atoms with van der Waals surface area (Å²) in [6.07, 6.45) is 1.72. The Bertz CT molecular complexity index is 1210. The number of carbonyl (C=O) groups is 1. The van der Waals surface area contributed by atoms with Gasteiger partial charge in [-0.1, -0.05) is 6.07 Å². The summed E-state index contributed by atoms with van der Waals surface area (Å²) in [5.41, 5.74) is 2.14. The van der Waals surface area contributed by atoms with Crippen LogP contribution in [0.5, 0.6) is 0 Å². The summed E-state index contributed by atoms with van der Waals surface area (Å²) in [4.78, 5) is 25.8. The number of rotatable bonds is 5. The molecule has 2 aromatic heterocycles. The van der Waals surface area contributed by atoms with Crippen LogP contribution in [0, 0.1) is 0 Å². The molecule has 0 fully saturated rings. The predicted octanol–water partition coefficient (Wildman–Crippen LogP) is 2.18. The molecule has 3 heterocycles. The van der Waals surface area contributed by atoms with Gasteiger partial charge in [0.05, 0.1) is 16.8 Å². The highest BCUT2D eigenvalue weighted by atomic mass is 32.2. The minimum atomic E-state index is -3.34. The minimum Gasteiger partial charge on any atom is -0.292 e. The van der Waals surface area contributed by atoms with Gasteiger partial charge in [-0.2, -0.15) is 5.10 Å². The van der Waals surface area contributed by atoms with Gasteiger partial charge in [-0.3, -0.25) is 13.9 Å². The quantitative estimate of drug-likeness (QED) is 0.596. The van der Waals surface area contributed by atoms with E-state index in [1.807, 2.05) is 17.5 Å². The molecular weight excluding hydrogens is 398 g/mol. The van der Waals surface area contributed by atoms with Crippen molar-refractivity contribution >= 4 is 32.8 Å². The third-order valence-corrected chi connectivity index (χ3v) is 6.66. The Labute approximate surface area is 165 Å². The minimum absolute atomic E-state index is 0.174. The van der Waals surface area contributed by atoms with Gasteiger partial charge in [0.1, 0.15) is 12.2 Å². The Morgan fingerprint density at radius 3 is 2.75 bits per heavy atom. The lowest BCUT2D eigenvalue weighted by Gasteiger charge is -2.16. The van der Waals surface area contributed by atoms with E-state index >= 15 is 0 Å². The van der Waals surface area contributed by atoms with E-state index in [-0.39, 0.29) is 17.9 Å². The molecule has 144 valence electrons. The fourth-order valence-electron chi connectivity index (χ4n) is 3.23. The normalized spacial score (nSPS) is 13.5. The third kappa shape index (κ3) is 3.50. The Morgan fingerprint density at radius 2 is 2.04 bits per heavy atom. The Morgan fingerprint density at radius 1 is 1.21 bits per heavy atom. The number of thiophene rings is 1. The molecule has 0 bridgehead atoms. The zero-order valence-electron chi connectivity index (χ0n) is 15.0. The van der Waals surface area contributed by atoms with Crippen LogP contribution in [-0.4, -0.2) is 36.8 Å². The molecule has 9 heteroatoms. The summed E-state index contributed by atoms with van der Waals surface area (Å²) < 4.78 is 26.2. The average molecular weight is 415 g/mol. The highest BCUT2D eigenvalue weighted by Gasteiger charge is 2.26. The maximum absolute atomic E-state index is 12.7. The standard InChI is InChI=1S/C19H17N3O4S2/c1-28(25,26)22-9-8-13-11-14(4-6-16(13)22)17(23)12-21-19(24)7-5-15(20-21)18-3-2-10-27-18/h2-7,10-11H,8-9,12H2,1H3. The SMILES string of the molecule is CS(=O)(=O)N1CCc2cc(C(=O)Cn3nc(-c4cccs4)ccc3=O)ccc21. The first-order valence-electron chi connectivity index (χ1n) is 8.59. The third-order valence-electron chi connectivity index (χ3n) is 4.59. The molecule has 1 aliphatic rings. The summed E-state index contributed by atoms with van der Waals surface area (Å²) in [5, 5.41) is 6.22. The van der Waals surface area contributed by atoms with Crippen LogP contribution in [0.1, 0.15) is 15.9 Å². The zero-order chi connectivity index (χ0) is 19.9. The first kappa shape index (κ1) is 18.6.